The first-order valence-corrected chi connectivity index (χ1v) is 8.43. The number of likely N-dealkylation sites (N-methyl/N-ethyl adjacent to an activating group) is 1. The average Bonchev–Trinajstić information content (AvgIpc) is 2.91. The molecule has 0 aliphatic rings. The monoisotopic (exact) mass is 340 g/mol. The number of ether oxygens (including phenoxy) is 1. The standard InChI is InChI=1S/C20H24N2O3/c1-14-20(15(2)25-21-14)12-22(3)11-18(23)13-24-19-9-8-16-6-4-5-7-17(16)10-19/h4-10,18,23H,11-13H2,1-3H3. The minimum Gasteiger partial charge on any atom is -0.491 e. The molecule has 0 aliphatic heterocycles. The lowest BCUT2D eigenvalue weighted by atomic mass is 10.1. The molecule has 5 nitrogen and oxygen atoms in total. The van der Waals surface area contributed by atoms with Crippen molar-refractivity contribution in [3.63, 3.8) is 0 Å². The number of benzene rings is 2. The van der Waals surface area contributed by atoms with Crippen molar-refractivity contribution in [1.29, 1.82) is 0 Å². The summed E-state index contributed by atoms with van der Waals surface area (Å²) >= 11 is 0. The summed E-state index contributed by atoms with van der Waals surface area (Å²) < 4.78 is 10.9. The second kappa shape index (κ2) is 7.68. The molecular formula is C20H24N2O3. The van der Waals surface area contributed by atoms with Crippen LogP contribution in [-0.4, -0.2) is 41.5 Å². The lowest BCUT2D eigenvalue weighted by Gasteiger charge is -2.20. The van der Waals surface area contributed by atoms with Crippen molar-refractivity contribution < 1.29 is 14.4 Å². The number of rotatable bonds is 7. The largest absolute Gasteiger partial charge is 0.491 e. The Morgan fingerprint density at radius 1 is 1.16 bits per heavy atom. The van der Waals surface area contributed by atoms with Gasteiger partial charge in [0.05, 0.1) is 5.69 Å². The lowest BCUT2D eigenvalue weighted by Crippen LogP contribution is -2.33. The van der Waals surface area contributed by atoms with Gasteiger partial charge in [-0.05, 0) is 43.8 Å². The van der Waals surface area contributed by atoms with Gasteiger partial charge in [-0.25, -0.2) is 0 Å². The maximum atomic E-state index is 10.3. The fourth-order valence-electron chi connectivity index (χ4n) is 2.92. The minimum atomic E-state index is -0.572. The zero-order valence-corrected chi connectivity index (χ0v) is 14.9. The molecule has 0 saturated carbocycles. The third-order valence-electron chi connectivity index (χ3n) is 4.29. The molecule has 1 unspecified atom stereocenters. The number of nitrogens with zero attached hydrogens (tertiary/aromatic N) is 2. The van der Waals surface area contributed by atoms with Crippen LogP contribution < -0.4 is 4.74 Å². The van der Waals surface area contributed by atoms with Crippen molar-refractivity contribution in [2.45, 2.75) is 26.5 Å². The molecular weight excluding hydrogens is 316 g/mol. The van der Waals surface area contributed by atoms with Crippen LogP contribution in [0.3, 0.4) is 0 Å². The predicted molar refractivity (Wildman–Crippen MR) is 97.8 cm³/mol. The van der Waals surface area contributed by atoms with Gasteiger partial charge in [0, 0.05) is 18.7 Å². The summed E-state index contributed by atoms with van der Waals surface area (Å²) in [5, 5.41) is 16.5. The normalized spacial score (nSPS) is 12.7. The van der Waals surface area contributed by atoms with E-state index in [2.05, 4.69) is 17.3 Å². The maximum Gasteiger partial charge on any atom is 0.138 e. The van der Waals surface area contributed by atoms with E-state index in [0.717, 1.165) is 28.2 Å². The summed E-state index contributed by atoms with van der Waals surface area (Å²) in [6, 6.07) is 14.1. The van der Waals surface area contributed by atoms with Gasteiger partial charge in [-0.2, -0.15) is 0 Å². The summed E-state index contributed by atoms with van der Waals surface area (Å²) in [5.41, 5.74) is 1.97. The van der Waals surface area contributed by atoms with Crippen LogP contribution >= 0.6 is 0 Å². The van der Waals surface area contributed by atoms with Gasteiger partial charge >= 0.3 is 0 Å². The SMILES string of the molecule is Cc1noc(C)c1CN(C)CC(O)COc1ccc2ccccc2c1. The van der Waals surface area contributed by atoms with E-state index in [1.807, 2.05) is 56.1 Å². The van der Waals surface area contributed by atoms with Gasteiger partial charge in [0.25, 0.3) is 0 Å². The van der Waals surface area contributed by atoms with Crippen LogP contribution in [0.15, 0.2) is 47.0 Å². The van der Waals surface area contributed by atoms with Crippen LogP contribution in [0.25, 0.3) is 10.8 Å². The van der Waals surface area contributed by atoms with E-state index in [1.165, 1.54) is 5.39 Å². The molecule has 25 heavy (non-hydrogen) atoms. The predicted octanol–water partition coefficient (Wildman–Crippen LogP) is 3.32. The molecule has 0 aliphatic carbocycles. The maximum absolute atomic E-state index is 10.3. The van der Waals surface area contributed by atoms with Crippen LogP contribution in [0, 0.1) is 13.8 Å². The summed E-state index contributed by atoms with van der Waals surface area (Å²) in [7, 11) is 1.96. The first-order valence-electron chi connectivity index (χ1n) is 8.43. The van der Waals surface area contributed by atoms with E-state index < -0.39 is 6.10 Å². The molecule has 1 aromatic heterocycles. The van der Waals surface area contributed by atoms with E-state index in [4.69, 9.17) is 9.26 Å². The van der Waals surface area contributed by atoms with Crippen molar-refractivity contribution in [3.05, 3.63) is 59.5 Å². The highest BCUT2D eigenvalue weighted by Crippen LogP contribution is 2.20. The van der Waals surface area contributed by atoms with Gasteiger partial charge < -0.3 is 14.4 Å². The molecule has 1 heterocycles. The zero-order valence-electron chi connectivity index (χ0n) is 14.9. The molecule has 0 spiro atoms. The highest BCUT2D eigenvalue weighted by molar-refractivity contribution is 5.83. The fourth-order valence-corrected chi connectivity index (χ4v) is 2.92. The van der Waals surface area contributed by atoms with Crippen molar-refractivity contribution in [2.24, 2.45) is 0 Å². The molecule has 5 heteroatoms. The summed E-state index contributed by atoms with van der Waals surface area (Å²) in [5.74, 6) is 1.59. The van der Waals surface area contributed by atoms with E-state index in [-0.39, 0.29) is 6.61 Å². The number of fused-ring (bicyclic) bond motifs is 1. The summed E-state index contributed by atoms with van der Waals surface area (Å²) in [4.78, 5) is 2.04. The molecule has 0 fully saturated rings. The van der Waals surface area contributed by atoms with Crippen molar-refractivity contribution in [2.75, 3.05) is 20.2 Å². The Hall–Kier alpha value is -2.37. The number of hydrogen-bond donors (Lipinski definition) is 1. The van der Waals surface area contributed by atoms with Gasteiger partial charge in [0.15, 0.2) is 0 Å². The fraction of sp³-hybridized carbons (Fsp3) is 0.350. The molecule has 0 saturated heterocycles. The molecule has 3 rings (SSSR count). The van der Waals surface area contributed by atoms with Gasteiger partial charge in [-0.15, -0.1) is 0 Å². The molecule has 0 amide bonds. The Labute approximate surface area is 147 Å². The highest BCUT2D eigenvalue weighted by atomic mass is 16.5. The van der Waals surface area contributed by atoms with Crippen LogP contribution in [0.2, 0.25) is 0 Å². The summed E-state index contributed by atoms with van der Waals surface area (Å²) in [6.45, 7) is 5.29. The van der Waals surface area contributed by atoms with E-state index in [0.29, 0.717) is 13.1 Å². The Morgan fingerprint density at radius 2 is 1.92 bits per heavy atom. The second-order valence-corrected chi connectivity index (χ2v) is 6.47. The number of aliphatic hydroxyl groups excluding tert-OH is 1. The minimum absolute atomic E-state index is 0.254. The third-order valence-corrected chi connectivity index (χ3v) is 4.29. The molecule has 3 aromatic rings. The quantitative estimate of drug-likeness (QED) is 0.715. The summed E-state index contributed by atoms with van der Waals surface area (Å²) in [6.07, 6.45) is -0.572. The van der Waals surface area contributed by atoms with Gasteiger partial charge in [0.1, 0.15) is 24.2 Å². The number of aliphatic hydroxyl groups is 1. The van der Waals surface area contributed by atoms with Crippen LogP contribution in [0.5, 0.6) is 5.75 Å². The molecule has 1 N–H and O–H groups in total. The van der Waals surface area contributed by atoms with Crippen molar-refractivity contribution >= 4 is 10.8 Å². The molecule has 132 valence electrons. The highest BCUT2D eigenvalue weighted by Gasteiger charge is 2.14. The van der Waals surface area contributed by atoms with E-state index in [1.54, 1.807) is 0 Å². The van der Waals surface area contributed by atoms with Gasteiger partial charge in [-0.1, -0.05) is 35.5 Å². The molecule has 2 aromatic carbocycles. The molecule has 0 bridgehead atoms. The third kappa shape index (κ3) is 4.38. The van der Waals surface area contributed by atoms with Crippen LogP contribution in [0.1, 0.15) is 17.0 Å². The van der Waals surface area contributed by atoms with Gasteiger partial charge in [0.2, 0.25) is 0 Å². The average molecular weight is 340 g/mol. The smallest absolute Gasteiger partial charge is 0.138 e. The Balaban J connectivity index is 1.52. The van der Waals surface area contributed by atoms with Crippen molar-refractivity contribution in [3.8, 4) is 5.75 Å². The van der Waals surface area contributed by atoms with Crippen LogP contribution in [-0.2, 0) is 6.54 Å². The number of hydrogen-bond acceptors (Lipinski definition) is 5. The Kier molecular flexibility index (Phi) is 5.36. The second-order valence-electron chi connectivity index (χ2n) is 6.47. The molecule has 0 radical (unpaired) electrons. The topological polar surface area (TPSA) is 58.7 Å². The number of aryl methyl sites for hydroxylation is 2. The number of aromatic nitrogens is 1. The van der Waals surface area contributed by atoms with E-state index >= 15 is 0 Å². The van der Waals surface area contributed by atoms with E-state index in [9.17, 15) is 5.11 Å². The van der Waals surface area contributed by atoms with Crippen molar-refractivity contribution in [1.82, 2.24) is 10.1 Å². The lowest BCUT2D eigenvalue weighted by molar-refractivity contribution is 0.0743. The first-order chi connectivity index (χ1) is 12.0. The van der Waals surface area contributed by atoms with Gasteiger partial charge in [-0.3, -0.25) is 4.90 Å². The zero-order chi connectivity index (χ0) is 17.8. The first kappa shape index (κ1) is 17.5. The molecule has 1 atom stereocenters. The Morgan fingerprint density at radius 3 is 2.64 bits per heavy atom. The van der Waals surface area contributed by atoms with Crippen LogP contribution in [0.4, 0.5) is 0 Å². The Bertz CT molecular complexity index is 824.